The minimum Gasteiger partial charge on any atom is -0.342 e. The highest BCUT2D eigenvalue weighted by Gasteiger charge is 2.35. The molecule has 0 bridgehead atoms. The Bertz CT molecular complexity index is 765. The van der Waals surface area contributed by atoms with Gasteiger partial charge in [-0.25, -0.2) is 4.79 Å². The van der Waals surface area contributed by atoms with E-state index in [2.05, 4.69) is 16.1 Å². The maximum atomic E-state index is 12.6. The third-order valence-corrected chi connectivity index (χ3v) is 7.82. The number of benzene rings is 1. The summed E-state index contributed by atoms with van der Waals surface area (Å²) in [4.78, 5) is 26.8. The van der Waals surface area contributed by atoms with E-state index in [-0.39, 0.29) is 6.03 Å². The molecule has 1 saturated heterocycles. The van der Waals surface area contributed by atoms with Crippen molar-refractivity contribution >= 4 is 29.6 Å². The quantitative estimate of drug-likeness (QED) is 0.757. The third-order valence-electron chi connectivity index (χ3n) is 6.71. The molecule has 4 aliphatic rings. The molecule has 5 rings (SSSR count). The zero-order valence-corrected chi connectivity index (χ0v) is 17.2. The zero-order valence-electron chi connectivity index (χ0n) is 16.4. The summed E-state index contributed by atoms with van der Waals surface area (Å²) in [6.07, 6.45) is 10.9. The molecule has 0 atom stereocenters. The average molecular weight is 400 g/mol. The van der Waals surface area contributed by atoms with E-state index < -0.39 is 0 Å². The lowest BCUT2D eigenvalue weighted by atomic mass is 9.99. The second-order valence-corrected chi connectivity index (χ2v) is 9.81. The molecule has 2 fully saturated rings. The number of rotatable bonds is 4. The van der Waals surface area contributed by atoms with Crippen molar-refractivity contribution in [2.75, 3.05) is 18.4 Å². The van der Waals surface area contributed by atoms with Crippen LogP contribution in [0.1, 0.15) is 60.8 Å². The summed E-state index contributed by atoms with van der Waals surface area (Å²) >= 11 is 1.53. The first-order valence-electron chi connectivity index (χ1n) is 10.9. The molecule has 3 amide bonds. The van der Waals surface area contributed by atoms with Crippen LogP contribution in [0.2, 0.25) is 0 Å². The van der Waals surface area contributed by atoms with E-state index in [4.69, 9.17) is 0 Å². The van der Waals surface area contributed by atoms with Gasteiger partial charge >= 0.3 is 6.03 Å². The number of likely N-dealkylation sites (tertiary alicyclic amines) is 1. The van der Waals surface area contributed by atoms with E-state index in [0.717, 1.165) is 70.1 Å². The molecule has 3 aliphatic carbocycles. The first-order valence-corrected chi connectivity index (χ1v) is 11.7. The predicted octanol–water partition coefficient (Wildman–Crippen LogP) is 3.83. The van der Waals surface area contributed by atoms with E-state index in [1.807, 2.05) is 4.90 Å². The molecule has 0 radical (unpaired) electrons. The highest BCUT2D eigenvalue weighted by Crippen LogP contribution is 2.38. The molecule has 28 heavy (non-hydrogen) atoms. The standard InChI is InChI=1S/C22H29N3O2S/c26-21(14-7-8-14)25-11-9-17(10-12-25)28-24-22(27)23-20-18-5-1-3-15(18)13-16-4-2-6-19(16)20/h13-14,17H,1-12H2,(H2,23,24,27). The first-order chi connectivity index (χ1) is 13.7. The number of piperidine rings is 1. The maximum absolute atomic E-state index is 12.6. The van der Waals surface area contributed by atoms with Crippen LogP contribution in [0.5, 0.6) is 0 Å². The lowest BCUT2D eigenvalue weighted by Gasteiger charge is -2.31. The lowest BCUT2D eigenvalue weighted by molar-refractivity contribution is -0.133. The van der Waals surface area contributed by atoms with Gasteiger partial charge in [-0.1, -0.05) is 6.07 Å². The minimum atomic E-state index is -0.101. The third kappa shape index (κ3) is 3.63. The van der Waals surface area contributed by atoms with Crippen LogP contribution in [0, 0.1) is 5.92 Å². The summed E-state index contributed by atoms with van der Waals surface area (Å²) < 4.78 is 3.03. The van der Waals surface area contributed by atoms with Crippen molar-refractivity contribution in [3.05, 3.63) is 28.3 Å². The second-order valence-electron chi connectivity index (χ2n) is 8.71. The Labute approximate surface area is 171 Å². The smallest absolute Gasteiger partial charge is 0.329 e. The number of urea groups is 1. The van der Waals surface area contributed by atoms with Crippen LogP contribution in [0.25, 0.3) is 0 Å². The fourth-order valence-corrected chi connectivity index (χ4v) is 5.80. The summed E-state index contributed by atoms with van der Waals surface area (Å²) in [5.41, 5.74) is 6.72. The summed E-state index contributed by atoms with van der Waals surface area (Å²) in [6.45, 7) is 1.66. The molecular weight excluding hydrogens is 370 g/mol. The number of aryl methyl sites for hydroxylation is 2. The largest absolute Gasteiger partial charge is 0.342 e. The van der Waals surface area contributed by atoms with Gasteiger partial charge in [-0.15, -0.1) is 0 Å². The van der Waals surface area contributed by atoms with Crippen molar-refractivity contribution in [3.63, 3.8) is 0 Å². The highest BCUT2D eigenvalue weighted by molar-refractivity contribution is 7.98. The molecular formula is C22H29N3O2S. The molecule has 1 aromatic rings. The van der Waals surface area contributed by atoms with Gasteiger partial charge in [0.05, 0.1) is 0 Å². The van der Waals surface area contributed by atoms with Crippen molar-refractivity contribution in [2.45, 2.75) is 69.5 Å². The Morgan fingerprint density at radius 2 is 1.57 bits per heavy atom. The van der Waals surface area contributed by atoms with Gasteiger partial charge in [0.2, 0.25) is 5.91 Å². The second kappa shape index (κ2) is 7.62. The van der Waals surface area contributed by atoms with E-state index in [1.165, 1.54) is 47.0 Å². The topological polar surface area (TPSA) is 61.4 Å². The number of fused-ring (bicyclic) bond motifs is 2. The van der Waals surface area contributed by atoms with Crippen molar-refractivity contribution in [1.82, 2.24) is 9.62 Å². The Balaban J connectivity index is 1.15. The van der Waals surface area contributed by atoms with Gasteiger partial charge in [-0.2, -0.15) is 0 Å². The number of nitrogens with one attached hydrogen (secondary N) is 2. The SMILES string of the molecule is O=C(NSC1CCN(C(=O)C2CC2)CC1)Nc1c2c(cc3c1CCC3)CCC2. The number of amides is 3. The first kappa shape index (κ1) is 18.3. The summed E-state index contributed by atoms with van der Waals surface area (Å²) in [6, 6.07) is 2.29. The van der Waals surface area contributed by atoms with Crippen molar-refractivity contribution in [2.24, 2.45) is 5.92 Å². The summed E-state index contributed by atoms with van der Waals surface area (Å²) in [5.74, 6) is 0.656. The van der Waals surface area contributed by atoms with Crippen molar-refractivity contribution in [3.8, 4) is 0 Å². The van der Waals surface area contributed by atoms with Gasteiger partial charge in [0, 0.05) is 29.9 Å². The number of hydrogen-bond donors (Lipinski definition) is 2. The molecule has 2 N–H and O–H groups in total. The van der Waals surface area contributed by atoms with Crippen LogP contribution >= 0.6 is 11.9 Å². The number of hydrogen-bond acceptors (Lipinski definition) is 3. The number of carbonyl (C=O) groups excluding carboxylic acids is 2. The Kier molecular flexibility index (Phi) is 4.99. The fraction of sp³-hybridized carbons (Fsp3) is 0.636. The van der Waals surface area contributed by atoms with Crippen molar-refractivity contribution < 1.29 is 9.59 Å². The molecule has 5 nitrogen and oxygen atoms in total. The summed E-state index contributed by atoms with van der Waals surface area (Å²) in [7, 11) is 0. The molecule has 150 valence electrons. The predicted molar refractivity (Wildman–Crippen MR) is 113 cm³/mol. The Morgan fingerprint density at radius 3 is 2.18 bits per heavy atom. The molecule has 0 unspecified atom stereocenters. The Hall–Kier alpha value is -1.69. The fourth-order valence-electron chi connectivity index (χ4n) is 5.03. The van der Waals surface area contributed by atoms with Gasteiger partial charge in [-0.05, 0) is 98.4 Å². The van der Waals surface area contributed by atoms with E-state index in [9.17, 15) is 9.59 Å². The number of carbonyl (C=O) groups is 2. The van der Waals surface area contributed by atoms with Crippen LogP contribution in [-0.4, -0.2) is 35.2 Å². The van der Waals surface area contributed by atoms with E-state index in [0.29, 0.717) is 17.1 Å². The minimum absolute atomic E-state index is 0.101. The van der Waals surface area contributed by atoms with Crippen LogP contribution < -0.4 is 10.0 Å². The zero-order chi connectivity index (χ0) is 19.1. The monoisotopic (exact) mass is 399 g/mol. The van der Waals surface area contributed by atoms with Gasteiger partial charge in [-0.3, -0.25) is 9.52 Å². The van der Waals surface area contributed by atoms with Gasteiger partial charge in [0.1, 0.15) is 0 Å². The molecule has 6 heteroatoms. The Morgan fingerprint density at radius 1 is 0.929 bits per heavy atom. The maximum Gasteiger partial charge on any atom is 0.329 e. The average Bonchev–Trinajstić information content (AvgIpc) is 3.27. The van der Waals surface area contributed by atoms with Gasteiger partial charge in [0.25, 0.3) is 0 Å². The van der Waals surface area contributed by atoms with Gasteiger partial charge < -0.3 is 10.2 Å². The van der Waals surface area contributed by atoms with E-state index >= 15 is 0 Å². The van der Waals surface area contributed by atoms with E-state index in [1.54, 1.807) is 0 Å². The molecule has 0 spiro atoms. The van der Waals surface area contributed by atoms with Crippen LogP contribution in [-0.2, 0) is 30.5 Å². The summed E-state index contributed by atoms with van der Waals surface area (Å²) in [5, 5.41) is 3.59. The molecule has 1 saturated carbocycles. The highest BCUT2D eigenvalue weighted by atomic mass is 32.2. The van der Waals surface area contributed by atoms with Gasteiger partial charge in [0.15, 0.2) is 0 Å². The number of anilines is 1. The molecule has 1 aliphatic heterocycles. The molecule has 1 heterocycles. The lowest BCUT2D eigenvalue weighted by Crippen LogP contribution is -2.41. The van der Waals surface area contributed by atoms with Crippen molar-refractivity contribution in [1.29, 1.82) is 0 Å². The molecule has 0 aromatic heterocycles. The van der Waals surface area contributed by atoms with Crippen LogP contribution in [0.3, 0.4) is 0 Å². The van der Waals surface area contributed by atoms with Crippen LogP contribution in [0.4, 0.5) is 10.5 Å². The van der Waals surface area contributed by atoms with Crippen LogP contribution in [0.15, 0.2) is 6.07 Å². The number of nitrogens with zero attached hydrogens (tertiary/aromatic N) is 1. The normalized spacial score (nSPS) is 21.4. The molecule has 1 aromatic carbocycles.